The van der Waals surface area contributed by atoms with E-state index in [1.807, 2.05) is 70.4 Å². The number of aryl methyl sites for hydroxylation is 1. The molecule has 1 aliphatic rings. The molecule has 0 saturated heterocycles. The summed E-state index contributed by atoms with van der Waals surface area (Å²) in [5.74, 6) is 1.08. The lowest BCUT2D eigenvalue weighted by molar-refractivity contribution is 0.0662. The second kappa shape index (κ2) is 10.6. The minimum atomic E-state index is -0.217. The summed E-state index contributed by atoms with van der Waals surface area (Å²) in [6, 6.07) is 17.3. The molecule has 186 valence electrons. The van der Waals surface area contributed by atoms with E-state index in [4.69, 9.17) is 9.47 Å². The third kappa shape index (κ3) is 4.88. The van der Waals surface area contributed by atoms with Crippen LogP contribution in [0.25, 0.3) is 10.9 Å². The molecule has 1 saturated carbocycles. The van der Waals surface area contributed by atoms with Crippen LogP contribution in [0, 0.1) is 0 Å². The third-order valence-electron chi connectivity index (χ3n) is 6.88. The summed E-state index contributed by atoms with van der Waals surface area (Å²) in [5, 5.41) is 2.58. The van der Waals surface area contributed by atoms with Crippen molar-refractivity contribution in [2.24, 2.45) is 7.05 Å². The normalized spacial score (nSPS) is 13.7. The Balaban J connectivity index is 1.47. The van der Waals surface area contributed by atoms with Gasteiger partial charge in [0.2, 0.25) is 5.43 Å². The van der Waals surface area contributed by atoms with Gasteiger partial charge in [0.25, 0.3) is 5.91 Å². The zero-order chi connectivity index (χ0) is 25.1. The van der Waals surface area contributed by atoms with Gasteiger partial charge in [0.1, 0.15) is 12.2 Å². The molecule has 0 radical (unpaired) electrons. The van der Waals surface area contributed by atoms with Gasteiger partial charge in [0, 0.05) is 36.1 Å². The van der Waals surface area contributed by atoms with E-state index in [0.717, 1.165) is 41.6 Å². The highest BCUT2D eigenvalue weighted by Gasteiger charge is 2.30. The second-order valence-corrected chi connectivity index (χ2v) is 10.3. The van der Waals surface area contributed by atoms with E-state index < -0.39 is 0 Å². The molecule has 6 nitrogen and oxygen atoms in total. The smallest absolute Gasteiger partial charge is 0.259 e. The maximum Gasteiger partial charge on any atom is 0.259 e. The van der Waals surface area contributed by atoms with Gasteiger partial charge in [-0.25, -0.2) is 0 Å². The largest absolute Gasteiger partial charge is 0.493 e. The van der Waals surface area contributed by atoms with E-state index in [1.165, 1.54) is 0 Å². The monoisotopic (exact) mass is 502 g/mol. The fourth-order valence-electron chi connectivity index (χ4n) is 5.00. The van der Waals surface area contributed by atoms with E-state index in [1.54, 1.807) is 30.7 Å². The van der Waals surface area contributed by atoms with Gasteiger partial charge in [0.05, 0.1) is 12.6 Å². The van der Waals surface area contributed by atoms with Crippen LogP contribution in [0.2, 0.25) is 0 Å². The number of thiophene rings is 1. The number of carbonyl (C=O) groups excluding carboxylic acids is 1. The summed E-state index contributed by atoms with van der Waals surface area (Å²) >= 11 is 1.64. The van der Waals surface area contributed by atoms with Crippen molar-refractivity contribution in [1.82, 2.24) is 9.47 Å². The molecule has 4 aromatic rings. The van der Waals surface area contributed by atoms with Crippen molar-refractivity contribution in [2.45, 2.75) is 44.9 Å². The molecule has 36 heavy (non-hydrogen) atoms. The first-order chi connectivity index (χ1) is 17.5. The van der Waals surface area contributed by atoms with Crippen LogP contribution >= 0.6 is 11.3 Å². The van der Waals surface area contributed by atoms with Gasteiger partial charge in [-0.1, -0.05) is 37.1 Å². The fraction of sp³-hybridized carbons (Fsp3) is 0.310. The summed E-state index contributed by atoms with van der Waals surface area (Å²) in [5.41, 5.74) is 1.75. The van der Waals surface area contributed by atoms with Crippen molar-refractivity contribution in [3.63, 3.8) is 0 Å². The van der Waals surface area contributed by atoms with Gasteiger partial charge in [-0.2, -0.15) is 0 Å². The summed E-state index contributed by atoms with van der Waals surface area (Å²) in [6.07, 6.45) is 5.73. The molecule has 2 aromatic carbocycles. The molecule has 2 heterocycles. The number of ether oxygens (including phenoxy) is 2. The van der Waals surface area contributed by atoms with Crippen LogP contribution in [0.1, 0.15) is 46.5 Å². The highest BCUT2D eigenvalue weighted by atomic mass is 32.1. The Morgan fingerprint density at radius 3 is 2.64 bits per heavy atom. The minimum absolute atomic E-state index is 0.103. The number of rotatable bonds is 8. The first-order valence-electron chi connectivity index (χ1n) is 12.3. The number of amides is 1. The number of hydrogen-bond acceptors (Lipinski definition) is 5. The highest BCUT2D eigenvalue weighted by molar-refractivity contribution is 7.09. The molecule has 7 heteroatoms. The number of fused-ring (bicyclic) bond motifs is 1. The summed E-state index contributed by atoms with van der Waals surface area (Å²) in [6.45, 7) is 0.856. The predicted molar refractivity (Wildman–Crippen MR) is 143 cm³/mol. The average molecular weight is 503 g/mol. The molecule has 1 fully saturated rings. The molecule has 2 aromatic heterocycles. The maximum absolute atomic E-state index is 13.9. The Hall–Kier alpha value is -3.58. The Bertz CT molecular complexity index is 1420. The molecule has 5 rings (SSSR count). The van der Waals surface area contributed by atoms with Crippen molar-refractivity contribution in [2.75, 3.05) is 7.11 Å². The van der Waals surface area contributed by atoms with Gasteiger partial charge in [-0.05, 0) is 54.1 Å². The van der Waals surface area contributed by atoms with E-state index >= 15 is 0 Å². The second-order valence-electron chi connectivity index (χ2n) is 9.22. The zero-order valence-electron chi connectivity index (χ0n) is 20.6. The molecular formula is C29H30N2O4S. The lowest BCUT2D eigenvalue weighted by atomic mass is 10.1. The van der Waals surface area contributed by atoms with Gasteiger partial charge in [-0.3, -0.25) is 9.59 Å². The fourth-order valence-corrected chi connectivity index (χ4v) is 5.62. The SMILES string of the molecule is COc1ccc(CN(C(=O)c2cn(C)c3ccccc3c2=O)C2CCCC2)cc1OCc1cccs1. The van der Waals surface area contributed by atoms with Crippen LogP contribution in [0.5, 0.6) is 11.5 Å². The number of pyridine rings is 1. The molecular weight excluding hydrogens is 472 g/mol. The number of methoxy groups -OCH3 is 1. The molecule has 0 spiro atoms. The number of benzene rings is 2. The molecule has 0 atom stereocenters. The Labute approximate surface area is 214 Å². The van der Waals surface area contributed by atoms with Crippen molar-refractivity contribution < 1.29 is 14.3 Å². The van der Waals surface area contributed by atoms with Crippen molar-refractivity contribution in [1.29, 1.82) is 0 Å². The maximum atomic E-state index is 13.9. The van der Waals surface area contributed by atoms with Crippen LogP contribution in [0.3, 0.4) is 0 Å². The third-order valence-corrected chi connectivity index (χ3v) is 7.73. The lowest BCUT2D eigenvalue weighted by Gasteiger charge is -2.29. The van der Waals surface area contributed by atoms with Crippen molar-refractivity contribution in [3.05, 3.63) is 92.4 Å². The van der Waals surface area contributed by atoms with Crippen LogP contribution < -0.4 is 14.9 Å². The summed E-state index contributed by atoms with van der Waals surface area (Å²) < 4.78 is 13.5. The van der Waals surface area contributed by atoms with E-state index in [0.29, 0.717) is 30.0 Å². The quantitative estimate of drug-likeness (QED) is 0.307. The topological polar surface area (TPSA) is 60.8 Å². The van der Waals surface area contributed by atoms with Crippen LogP contribution in [-0.4, -0.2) is 28.5 Å². The first-order valence-corrected chi connectivity index (χ1v) is 13.1. The van der Waals surface area contributed by atoms with Gasteiger partial charge < -0.3 is 18.9 Å². The number of aromatic nitrogens is 1. The van der Waals surface area contributed by atoms with E-state index in [2.05, 4.69) is 0 Å². The molecule has 0 N–H and O–H groups in total. The lowest BCUT2D eigenvalue weighted by Crippen LogP contribution is -2.40. The highest BCUT2D eigenvalue weighted by Crippen LogP contribution is 2.32. The Morgan fingerprint density at radius 1 is 1.08 bits per heavy atom. The molecule has 0 unspecified atom stereocenters. The van der Waals surface area contributed by atoms with Gasteiger partial charge >= 0.3 is 0 Å². The number of para-hydroxylation sites is 1. The van der Waals surface area contributed by atoms with Crippen molar-refractivity contribution >= 4 is 28.1 Å². The van der Waals surface area contributed by atoms with Crippen LogP contribution in [-0.2, 0) is 20.2 Å². The Morgan fingerprint density at radius 2 is 1.89 bits per heavy atom. The van der Waals surface area contributed by atoms with Gasteiger partial charge in [0.15, 0.2) is 11.5 Å². The number of nitrogens with zero attached hydrogens (tertiary/aromatic N) is 2. The van der Waals surface area contributed by atoms with Crippen molar-refractivity contribution in [3.8, 4) is 11.5 Å². The molecule has 0 aliphatic heterocycles. The first kappa shape index (κ1) is 24.1. The standard InChI is InChI=1S/C29H30N2O4S/c1-30-18-24(28(32)23-11-5-6-12-25(23)30)29(33)31(21-8-3-4-9-21)17-20-13-14-26(34-2)27(16-20)35-19-22-10-7-15-36-22/h5-7,10-16,18,21H,3-4,8-9,17,19H2,1-2H3. The van der Waals surface area contributed by atoms with E-state index in [9.17, 15) is 9.59 Å². The zero-order valence-corrected chi connectivity index (χ0v) is 21.4. The van der Waals surface area contributed by atoms with Gasteiger partial charge in [-0.15, -0.1) is 11.3 Å². The average Bonchev–Trinajstić information content (AvgIpc) is 3.63. The summed E-state index contributed by atoms with van der Waals surface area (Å²) in [7, 11) is 3.50. The number of hydrogen-bond donors (Lipinski definition) is 0. The predicted octanol–water partition coefficient (Wildman–Crippen LogP) is 5.77. The molecule has 0 bridgehead atoms. The van der Waals surface area contributed by atoms with Crippen LogP contribution in [0.4, 0.5) is 0 Å². The molecule has 1 aliphatic carbocycles. The number of carbonyl (C=O) groups is 1. The minimum Gasteiger partial charge on any atom is -0.493 e. The molecule has 1 amide bonds. The Kier molecular flexibility index (Phi) is 7.09. The van der Waals surface area contributed by atoms with Crippen LogP contribution in [0.15, 0.2) is 71.0 Å². The summed E-state index contributed by atoms with van der Waals surface area (Å²) in [4.78, 5) is 30.2. The van der Waals surface area contributed by atoms with E-state index in [-0.39, 0.29) is 22.9 Å².